The van der Waals surface area contributed by atoms with E-state index in [0.717, 1.165) is 0 Å². The molecule has 6 nitrogen and oxygen atoms in total. The van der Waals surface area contributed by atoms with Crippen LogP contribution < -0.4 is 0 Å². The summed E-state index contributed by atoms with van der Waals surface area (Å²) >= 11 is 0. The van der Waals surface area contributed by atoms with E-state index in [4.69, 9.17) is 0 Å². The monoisotopic (exact) mass is 267 g/mol. The fourth-order valence-corrected chi connectivity index (χ4v) is 1.99. The van der Waals surface area contributed by atoms with Gasteiger partial charge in [0.2, 0.25) is 17.7 Å². The Hall–Kier alpha value is -1.85. The summed E-state index contributed by atoms with van der Waals surface area (Å²) in [6.45, 7) is 9.14. The van der Waals surface area contributed by atoms with Gasteiger partial charge in [0.05, 0.1) is 0 Å². The van der Waals surface area contributed by atoms with Gasteiger partial charge in [0, 0.05) is 46.6 Å². The number of amides is 3. The molecule has 6 heteroatoms. The minimum atomic E-state index is -0.143. The zero-order chi connectivity index (χ0) is 14.4. The van der Waals surface area contributed by atoms with Crippen LogP contribution in [0.1, 0.15) is 13.8 Å². The summed E-state index contributed by atoms with van der Waals surface area (Å²) in [7, 11) is 0. The number of carbonyl (C=O) groups excluding carboxylic acids is 3. The molecule has 0 aromatic carbocycles. The van der Waals surface area contributed by atoms with Crippen molar-refractivity contribution in [3.05, 3.63) is 12.7 Å². The molecule has 0 spiro atoms. The van der Waals surface area contributed by atoms with Crippen molar-refractivity contribution in [3.8, 4) is 0 Å². The topological polar surface area (TPSA) is 60.9 Å². The van der Waals surface area contributed by atoms with E-state index in [1.807, 2.05) is 0 Å². The van der Waals surface area contributed by atoms with Crippen LogP contribution in [0.15, 0.2) is 12.7 Å². The zero-order valence-corrected chi connectivity index (χ0v) is 11.6. The molecule has 0 aromatic rings. The molecular weight excluding hydrogens is 246 g/mol. The third kappa shape index (κ3) is 4.39. The Morgan fingerprint density at radius 3 is 2.05 bits per heavy atom. The van der Waals surface area contributed by atoms with Crippen LogP contribution in [0.5, 0.6) is 0 Å². The van der Waals surface area contributed by atoms with E-state index in [9.17, 15) is 14.4 Å². The molecule has 19 heavy (non-hydrogen) atoms. The number of hydrogen-bond acceptors (Lipinski definition) is 3. The Balaban J connectivity index is 2.48. The van der Waals surface area contributed by atoms with Crippen molar-refractivity contribution in [2.75, 3.05) is 39.3 Å². The summed E-state index contributed by atoms with van der Waals surface area (Å²) in [5.74, 6) is -0.194. The van der Waals surface area contributed by atoms with E-state index in [1.54, 1.807) is 15.9 Å². The lowest BCUT2D eigenvalue weighted by molar-refractivity contribution is -0.142. The SMILES string of the molecule is C=CCN(CC(=O)N1CCN(C(C)=O)CC1)C(C)=O. The van der Waals surface area contributed by atoms with Crippen LogP contribution in [0.25, 0.3) is 0 Å². The first-order valence-electron chi connectivity index (χ1n) is 6.35. The van der Waals surface area contributed by atoms with Crippen molar-refractivity contribution in [1.82, 2.24) is 14.7 Å². The van der Waals surface area contributed by atoms with Crippen LogP contribution in [0.2, 0.25) is 0 Å². The maximum absolute atomic E-state index is 12.1. The minimum absolute atomic E-state index is 0.0316. The highest BCUT2D eigenvalue weighted by atomic mass is 16.2. The highest BCUT2D eigenvalue weighted by Crippen LogP contribution is 2.04. The molecule has 0 aliphatic carbocycles. The maximum Gasteiger partial charge on any atom is 0.242 e. The molecule has 0 radical (unpaired) electrons. The molecule has 1 aliphatic rings. The van der Waals surface area contributed by atoms with Gasteiger partial charge in [-0.25, -0.2) is 0 Å². The van der Waals surface area contributed by atoms with Gasteiger partial charge in [-0.15, -0.1) is 6.58 Å². The number of carbonyl (C=O) groups is 3. The van der Waals surface area contributed by atoms with Crippen molar-refractivity contribution >= 4 is 17.7 Å². The first kappa shape index (κ1) is 15.2. The molecule has 0 aromatic heterocycles. The molecule has 1 aliphatic heterocycles. The van der Waals surface area contributed by atoms with Crippen LogP contribution in [-0.4, -0.2) is 71.7 Å². The Bertz CT molecular complexity index is 373. The fraction of sp³-hybridized carbons (Fsp3) is 0.615. The zero-order valence-electron chi connectivity index (χ0n) is 11.6. The van der Waals surface area contributed by atoms with E-state index in [0.29, 0.717) is 32.7 Å². The Kier molecular flexibility index (Phi) is 5.54. The Morgan fingerprint density at radius 2 is 1.63 bits per heavy atom. The summed E-state index contributed by atoms with van der Waals surface area (Å²) in [6.07, 6.45) is 1.60. The summed E-state index contributed by atoms with van der Waals surface area (Å²) < 4.78 is 0. The lowest BCUT2D eigenvalue weighted by Gasteiger charge is -2.35. The standard InChI is InChI=1S/C13H21N3O3/c1-4-5-16(12(3)18)10-13(19)15-8-6-14(7-9-15)11(2)17/h4H,1,5-10H2,2-3H3. The highest BCUT2D eigenvalue weighted by molar-refractivity contribution is 5.84. The van der Waals surface area contributed by atoms with Gasteiger partial charge in [-0.1, -0.05) is 6.08 Å². The molecular formula is C13H21N3O3. The van der Waals surface area contributed by atoms with Crippen molar-refractivity contribution < 1.29 is 14.4 Å². The molecule has 1 heterocycles. The largest absolute Gasteiger partial charge is 0.339 e. The van der Waals surface area contributed by atoms with E-state index in [1.165, 1.54) is 18.7 Å². The molecule has 106 valence electrons. The third-order valence-corrected chi connectivity index (χ3v) is 3.20. The molecule has 1 rings (SSSR count). The van der Waals surface area contributed by atoms with Crippen LogP contribution >= 0.6 is 0 Å². The number of piperazine rings is 1. The Morgan fingerprint density at radius 1 is 1.11 bits per heavy atom. The van der Waals surface area contributed by atoms with Crippen molar-refractivity contribution in [3.63, 3.8) is 0 Å². The quantitative estimate of drug-likeness (QED) is 0.658. The van der Waals surface area contributed by atoms with Crippen LogP contribution in [0.4, 0.5) is 0 Å². The lowest BCUT2D eigenvalue weighted by Crippen LogP contribution is -2.52. The van der Waals surface area contributed by atoms with Crippen molar-refractivity contribution in [2.45, 2.75) is 13.8 Å². The molecule has 1 saturated heterocycles. The highest BCUT2D eigenvalue weighted by Gasteiger charge is 2.23. The number of rotatable bonds is 4. The predicted octanol–water partition coefficient (Wildman–Crippen LogP) is -0.288. The summed E-state index contributed by atoms with van der Waals surface area (Å²) in [5, 5.41) is 0. The minimum Gasteiger partial charge on any atom is -0.339 e. The smallest absolute Gasteiger partial charge is 0.242 e. The number of nitrogens with zero attached hydrogens (tertiary/aromatic N) is 3. The van der Waals surface area contributed by atoms with Crippen LogP contribution in [0, 0.1) is 0 Å². The summed E-state index contributed by atoms with van der Waals surface area (Å²) in [6, 6.07) is 0. The second-order valence-electron chi connectivity index (χ2n) is 4.58. The Labute approximate surface area is 113 Å². The molecule has 0 N–H and O–H groups in total. The summed E-state index contributed by atoms with van der Waals surface area (Å²) in [5.41, 5.74) is 0. The van der Waals surface area contributed by atoms with E-state index in [-0.39, 0.29) is 24.3 Å². The molecule has 0 atom stereocenters. The first-order valence-corrected chi connectivity index (χ1v) is 6.35. The molecule has 0 unspecified atom stereocenters. The van der Waals surface area contributed by atoms with Gasteiger partial charge in [0.25, 0.3) is 0 Å². The first-order chi connectivity index (χ1) is 8.95. The number of hydrogen-bond donors (Lipinski definition) is 0. The van der Waals surface area contributed by atoms with E-state index < -0.39 is 0 Å². The summed E-state index contributed by atoms with van der Waals surface area (Å²) in [4.78, 5) is 39.5. The van der Waals surface area contributed by atoms with Gasteiger partial charge in [0.15, 0.2) is 0 Å². The van der Waals surface area contributed by atoms with Gasteiger partial charge >= 0.3 is 0 Å². The fourth-order valence-electron chi connectivity index (χ4n) is 1.99. The van der Waals surface area contributed by atoms with Gasteiger partial charge < -0.3 is 14.7 Å². The van der Waals surface area contributed by atoms with E-state index >= 15 is 0 Å². The van der Waals surface area contributed by atoms with Crippen LogP contribution in [0.3, 0.4) is 0 Å². The molecule has 0 saturated carbocycles. The van der Waals surface area contributed by atoms with Crippen LogP contribution in [-0.2, 0) is 14.4 Å². The molecule has 1 fully saturated rings. The molecule has 0 bridgehead atoms. The average molecular weight is 267 g/mol. The lowest BCUT2D eigenvalue weighted by atomic mass is 10.3. The molecule has 3 amide bonds. The predicted molar refractivity (Wildman–Crippen MR) is 71.3 cm³/mol. The third-order valence-electron chi connectivity index (χ3n) is 3.20. The maximum atomic E-state index is 12.1. The second kappa shape index (κ2) is 6.92. The normalized spacial score (nSPS) is 15.1. The van der Waals surface area contributed by atoms with Crippen molar-refractivity contribution in [1.29, 1.82) is 0 Å². The van der Waals surface area contributed by atoms with Gasteiger partial charge in [-0.05, 0) is 0 Å². The van der Waals surface area contributed by atoms with Gasteiger partial charge in [-0.2, -0.15) is 0 Å². The second-order valence-corrected chi connectivity index (χ2v) is 4.58. The van der Waals surface area contributed by atoms with Gasteiger partial charge in [-0.3, -0.25) is 14.4 Å². The van der Waals surface area contributed by atoms with E-state index in [2.05, 4.69) is 6.58 Å². The van der Waals surface area contributed by atoms with Crippen molar-refractivity contribution in [2.24, 2.45) is 0 Å². The average Bonchev–Trinajstić information content (AvgIpc) is 2.38. The van der Waals surface area contributed by atoms with Gasteiger partial charge in [0.1, 0.15) is 6.54 Å².